The van der Waals surface area contributed by atoms with E-state index < -0.39 is 0 Å². The second-order valence-electron chi connectivity index (χ2n) is 5.15. The van der Waals surface area contributed by atoms with Crippen LogP contribution in [0.15, 0.2) is 0 Å². The van der Waals surface area contributed by atoms with E-state index in [0.717, 1.165) is 13.0 Å². The maximum Gasteiger partial charge on any atom is 0.158 e. The molecule has 108 valence electrons. The number of rotatable bonds is 11. The highest BCUT2D eigenvalue weighted by atomic mass is 16.7. The molecule has 1 aliphatic rings. The predicted molar refractivity (Wildman–Crippen MR) is 73.7 cm³/mol. The zero-order valence-corrected chi connectivity index (χ0v) is 12.2. The summed E-state index contributed by atoms with van der Waals surface area (Å²) in [5.74, 6) is 0. The third-order valence-corrected chi connectivity index (χ3v) is 3.30. The molecule has 1 heterocycles. The lowest BCUT2D eigenvalue weighted by molar-refractivity contribution is -0.0760. The highest BCUT2D eigenvalue weighted by Gasteiger charge is 2.25. The van der Waals surface area contributed by atoms with Crippen LogP contribution in [0.2, 0.25) is 0 Å². The van der Waals surface area contributed by atoms with Crippen LogP contribution < -0.4 is 0 Å². The highest BCUT2D eigenvalue weighted by Crippen LogP contribution is 2.17. The van der Waals surface area contributed by atoms with E-state index in [2.05, 4.69) is 13.8 Å². The molecular formula is C15H30O3. The van der Waals surface area contributed by atoms with E-state index in [0.29, 0.717) is 13.2 Å². The van der Waals surface area contributed by atoms with Crippen molar-refractivity contribution >= 4 is 0 Å². The smallest absolute Gasteiger partial charge is 0.158 e. The molecule has 1 fully saturated rings. The lowest BCUT2D eigenvalue weighted by Gasteiger charge is -2.11. The molecule has 0 amide bonds. The van der Waals surface area contributed by atoms with Gasteiger partial charge in [-0.25, -0.2) is 0 Å². The van der Waals surface area contributed by atoms with Gasteiger partial charge in [-0.15, -0.1) is 0 Å². The first-order valence-corrected chi connectivity index (χ1v) is 7.71. The summed E-state index contributed by atoms with van der Waals surface area (Å²) in [4.78, 5) is 0. The first-order chi connectivity index (χ1) is 8.86. The molecule has 0 saturated carbocycles. The molecule has 3 heteroatoms. The van der Waals surface area contributed by atoms with Crippen molar-refractivity contribution in [2.24, 2.45) is 0 Å². The SMILES string of the molecule is CCCCCCOCC1COC(CCCCC)O1. The summed E-state index contributed by atoms with van der Waals surface area (Å²) in [6.07, 6.45) is 9.95. The molecule has 1 saturated heterocycles. The van der Waals surface area contributed by atoms with Crippen LogP contribution >= 0.6 is 0 Å². The summed E-state index contributed by atoms with van der Waals surface area (Å²) >= 11 is 0. The van der Waals surface area contributed by atoms with Crippen molar-refractivity contribution in [2.45, 2.75) is 77.6 Å². The van der Waals surface area contributed by atoms with Crippen molar-refractivity contribution in [2.75, 3.05) is 19.8 Å². The van der Waals surface area contributed by atoms with Gasteiger partial charge in [-0.2, -0.15) is 0 Å². The van der Waals surface area contributed by atoms with Crippen molar-refractivity contribution in [3.63, 3.8) is 0 Å². The first-order valence-electron chi connectivity index (χ1n) is 7.71. The van der Waals surface area contributed by atoms with Crippen molar-refractivity contribution in [1.29, 1.82) is 0 Å². The Labute approximate surface area is 112 Å². The maximum absolute atomic E-state index is 5.79. The Hall–Kier alpha value is -0.120. The molecule has 0 aromatic rings. The average Bonchev–Trinajstić information content (AvgIpc) is 2.82. The number of hydrogen-bond donors (Lipinski definition) is 0. The summed E-state index contributed by atoms with van der Waals surface area (Å²) in [7, 11) is 0. The van der Waals surface area contributed by atoms with Crippen molar-refractivity contribution < 1.29 is 14.2 Å². The van der Waals surface area contributed by atoms with E-state index in [9.17, 15) is 0 Å². The van der Waals surface area contributed by atoms with Crippen molar-refractivity contribution in [3.8, 4) is 0 Å². The summed E-state index contributed by atoms with van der Waals surface area (Å²) in [5, 5.41) is 0. The molecule has 0 aromatic carbocycles. The third kappa shape index (κ3) is 7.34. The molecule has 0 aliphatic carbocycles. The second-order valence-corrected chi connectivity index (χ2v) is 5.15. The quantitative estimate of drug-likeness (QED) is 0.526. The van der Waals surface area contributed by atoms with Crippen LogP contribution in [-0.4, -0.2) is 32.2 Å². The predicted octanol–water partition coefficient (Wildman–Crippen LogP) is 3.91. The van der Waals surface area contributed by atoms with E-state index >= 15 is 0 Å². The molecule has 1 aliphatic heterocycles. The van der Waals surface area contributed by atoms with Crippen LogP contribution in [-0.2, 0) is 14.2 Å². The Morgan fingerprint density at radius 1 is 1.00 bits per heavy atom. The summed E-state index contributed by atoms with van der Waals surface area (Å²) in [6, 6.07) is 0. The highest BCUT2D eigenvalue weighted by molar-refractivity contribution is 4.65. The standard InChI is InChI=1S/C15H30O3/c1-3-5-7-9-11-16-12-14-13-17-15(18-14)10-8-6-4-2/h14-15H,3-13H2,1-2H3. The summed E-state index contributed by atoms with van der Waals surface area (Å²) in [6.45, 7) is 6.69. The molecule has 2 atom stereocenters. The monoisotopic (exact) mass is 258 g/mol. The molecule has 2 unspecified atom stereocenters. The molecular weight excluding hydrogens is 228 g/mol. The van der Waals surface area contributed by atoms with Gasteiger partial charge in [0, 0.05) is 6.61 Å². The average molecular weight is 258 g/mol. The van der Waals surface area contributed by atoms with Crippen LogP contribution in [0.4, 0.5) is 0 Å². The number of ether oxygens (including phenoxy) is 3. The zero-order valence-electron chi connectivity index (χ0n) is 12.2. The minimum Gasteiger partial charge on any atom is -0.379 e. The molecule has 0 N–H and O–H groups in total. The van der Waals surface area contributed by atoms with E-state index in [4.69, 9.17) is 14.2 Å². The lowest BCUT2D eigenvalue weighted by Crippen LogP contribution is -2.19. The van der Waals surface area contributed by atoms with Gasteiger partial charge in [0.25, 0.3) is 0 Å². The third-order valence-electron chi connectivity index (χ3n) is 3.30. The van der Waals surface area contributed by atoms with Gasteiger partial charge >= 0.3 is 0 Å². The van der Waals surface area contributed by atoms with Gasteiger partial charge in [-0.3, -0.25) is 0 Å². The Bertz CT molecular complexity index is 185. The lowest BCUT2D eigenvalue weighted by atomic mass is 10.2. The Kier molecular flexibility index (Phi) is 9.54. The Balaban J connectivity index is 1.91. The van der Waals surface area contributed by atoms with E-state index in [1.807, 2.05) is 0 Å². The molecule has 0 radical (unpaired) electrons. The maximum atomic E-state index is 5.79. The molecule has 3 nitrogen and oxygen atoms in total. The molecule has 0 bridgehead atoms. The number of hydrogen-bond acceptors (Lipinski definition) is 3. The Morgan fingerprint density at radius 2 is 1.78 bits per heavy atom. The molecule has 18 heavy (non-hydrogen) atoms. The fraction of sp³-hybridized carbons (Fsp3) is 1.00. The van der Waals surface area contributed by atoms with E-state index in [1.54, 1.807) is 0 Å². The second kappa shape index (κ2) is 10.8. The van der Waals surface area contributed by atoms with Crippen molar-refractivity contribution in [1.82, 2.24) is 0 Å². The topological polar surface area (TPSA) is 27.7 Å². The van der Waals surface area contributed by atoms with Gasteiger partial charge in [0.05, 0.1) is 13.2 Å². The van der Waals surface area contributed by atoms with Crippen LogP contribution in [0, 0.1) is 0 Å². The zero-order chi connectivity index (χ0) is 13.1. The van der Waals surface area contributed by atoms with Gasteiger partial charge < -0.3 is 14.2 Å². The van der Waals surface area contributed by atoms with E-state index in [1.165, 1.54) is 44.9 Å². The molecule has 0 spiro atoms. The van der Waals surface area contributed by atoms with Gasteiger partial charge in [0.2, 0.25) is 0 Å². The van der Waals surface area contributed by atoms with Crippen molar-refractivity contribution in [3.05, 3.63) is 0 Å². The molecule has 1 rings (SSSR count). The fourth-order valence-corrected chi connectivity index (χ4v) is 2.15. The van der Waals surface area contributed by atoms with Crippen LogP contribution in [0.5, 0.6) is 0 Å². The van der Waals surface area contributed by atoms with Crippen LogP contribution in [0.3, 0.4) is 0 Å². The minimum absolute atomic E-state index is 0.0187. The Morgan fingerprint density at radius 3 is 2.56 bits per heavy atom. The summed E-state index contributed by atoms with van der Waals surface area (Å²) < 4.78 is 17.0. The van der Waals surface area contributed by atoms with Crippen LogP contribution in [0.25, 0.3) is 0 Å². The first kappa shape index (κ1) is 15.9. The fourth-order valence-electron chi connectivity index (χ4n) is 2.15. The number of unbranched alkanes of at least 4 members (excludes halogenated alkanes) is 5. The van der Waals surface area contributed by atoms with Gasteiger partial charge in [-0.05, 0) is 19.3 Å². The minimum atomic E-state index is 0.0187. The normalized spacial score (nSPS) is 23.7. The summed E-state index contributed by atoms with van der Waals surface area (Å²) in [5.41, 5.74) is 0. The van der Waals surface area contributed by atoms with E-state index in [-0.39, 0.29) is 12.4 Å². The largest absolute Gasteiger partial charge is 0.379 e. The van der Waals surface area contributed by atoms with Gasteiger partial charge in [0.15, 0.2) is 6.29 Å². The molecule has 0 aromatic heterocycles. The van der Waals surface area contributed by atoms with Gasteiger partial charge in [-0.1, -0.05) is 46.0 Å². The van der Waals surface area contributed by atoms with Gasteiger partial charge in [0.1, 0.15) is 6.10 Å². The van der Waals surface area contributed by atoms with Crippen LogP contribution in [0.1, 0.15) is 65.2 Å².